The van der Waals surface area contributed by atoms with Crippen molar-refractivity contribution in [3.8, 4) is 11.8 Å². The number of unbranched alkanes of at least 4 members (excludes halogenated alkanes) is 5. The third kappa shape index (κ3) is 13.2. The van der Waals surface area contributed by atoms with Gasteiger partial charge in [0, 0.05) is 13.5 Å². The van der Waals surface area contributed by atoms with Crippen LogP contribution in [0.4, 0.5) is 0 Å². The molecule has 0 aliphatic heterocycles. The average Bonchev–Trinajstić information content (AvgIpc) is 2.47. The third-order valence-electron chi connectivity index (χ3n) is 3.11. The highest BCUT2D eigenvalue weighted by Gasteiger charge is 2.14. The molecule has 21 heavy (non-hydrogen) atoms. The van der Waals surface area contributed by atoms with E-state index in [9.17, 15) is 4.79 Å². The maximum atomic E-state index is 10.7. The summed E-state index contributed by atoms with van der Waals surface area (Å²) in [7, 11) is 1.43. The van der Waals surface area contributed by atoms with Crippen molar-refractivity contribution in [2.75, 3.05) is 7.11 Å². The van der Waals surface area contributed by atoms with E-state index in [0.717, 1.165) is 25.7 Å². The Balaban J connectivity index is 3.51. The predicted octanol–water partition coefficient (Wildman–Crippen LogP) is 4.34. The van der Waals surface area contributed by atoms with E-state index in [2.05, 4.69) is 30.9 Å². The standard InChI is InChI=1S/C18H28O3/c1-3-4-5-6-7-8-9-10-11-12-13-14-15-16-17(21-2)18(19)20/h3-4,12-13,17H,5-9,14-16H2,1-2H3,(H,19,20)/b4-3+,13-12+/t17-/m0/s1. The van der Waals surface area contributed by atoms with E-state index in [-0.39, 0.29) is 0 Å². The Bertz CT molecular complexity index is 372. The second kappa shape index (κ2) is 14.9. The molecule has 0 amide bonds. The molecule has 0 spiro atoms. The summed E-state index contributed by atoms with van der Waals surface area (Å²) in [6.07, 6.45) is 15.4. The van der Waals surface area contributed by atoms with Crippen molar-refractivity contribution >= 4 is 5.97 Å². The highest BCUT2D eigenvalue weighted by atomic mass is 16.5. The first kappa shape index (κ1) is 19.5. The van der Waals surface area contributed by atoms with Crippen molar-refractivity contribution in [3.05, 3.63) is 24.3 Å². The number of methoxy groups -OCH3 is 1. The third-order valence-corrected chi connectivity index (χ3v) is 3.11. The van der Waals surface area contributed by atoms with E-state index in [1.165, 1.54) is 26.4 Å². The van der Waals surface area contributed by atoms with E-state index in [0.29, 0.717) is 6.42 Å². The van der Waals surface area contributed by atoms with Crippen LogP contribution in [0.2, 0.25) is 0 Å². The number of hydrogen-bond acceptors (Lipinski definition) is 2. The number of rotatable bonds is 11. The van der Waals surface area contributed by atoms with Gasteiger partial charge in [0.25, 0.3) is 0 Å². The average molecular weight is 292 g/mol. The van der Waals surface area contributed by atoms with E-state index in [1.807, 2.05) is 12.2 Å². The van der Waals surface area contributed by atoms with Crippen LogP contribution >= 0.6 is 0 Å². The van der Waals surface area contributed by atoms with Crippen LogP contribution in [-0.2, 0) is 9.53 Å². The van der Waals surface area contributed by atoms with Crippen molar-refractivity contribution in [2.24, 2.45) is 0 Å². The first-order valence-electron chi connectivity index (χ1n) is 7.72. The molecule has 0 unspecified atom stereocenters. The van der Waals surface area contributed by atoms with Gasteiger partial charge in [-0.3, -0.25) is 0 Å². The van der Waals surface area contributed by atoms with Gasteiger partial charge < -0.3 is 9.84 Å². The van der Waals surface area contributed by atoms with E-state index in [1.54, 1.807) is 0 Å². The van der Waals surface area contributed by atoms with E-state index >= 15 is 0 Å². The Hall–Kier alpha value is -1.53. The first-order valence-corrected chi connectivity index (χ1v) is 7.72. The molecule has 0 radical (unpaired) electrons. The number of carboxylic acid groups (broad SMARTS) is 1. The lowest BCUT2D eigenvalue weighted by atomic mass is 10.1. The molecular formula is C18H28O3. The van der Waals surface area contributed by atoms with Gasteiger partial charge in [-0.05, 0) is 51.5 Å². The highest BCUT2D eigenvalue weighted by Crippen LogP contribution is 2.05. The van der Waals surface area contributed by atoms with Gasteiger partial charge in [-0.2, -0.15) is 0 Å². The van der Waals surface area contributed by atoms with Crippen LogP contribution in [0, 0.1) is 11.8 Å². The molecule has 0 saturated heterocycles. The van der Waals surface area contributed by atoms with E-state index < -0.39 is 12.1 Å². The quantitative estimate of drug-likeness (QED) is 0.350. The van der Waals surface area contributed by atoms with Crippen LogP contribution in [0.5, 0.6) is 0 Å². The summed E-state index contributed by atoms with van der Waals surface area (Å²) >= 11 is 0. The second-order valence-corrected chi connectivity index (χ2v) is 4.89. The number of allylic oxidation sites excluding steroid dienone is 4. The fourth-order valence-corrected chi connectivity index (χ4v) is 1.86. The van der Waals surface area contributed by atoms with Gasteiger partial charge in [0.05, 0.1) is 0 Å². The number of hydrogen-bond donors (Lipinski definition) is 1. The van der Waals surface area contributed by atoms with Gasteiger partial charge in [0.15, 0.2) is 6.10 Å². The van der Waals surface area contributed by atoms with Crippen LogP contribution in [0.25, 0.3) is 0 Å². The van der Waals surface area contributed by atoms with Crippen molar-refractivity contribution in [2.45, 2.75) is 64.4 Å². The molecule has 118 valence electrons. The molecule has 0 aromatic carbocycles. The Morgan fingerprint density at radius 2 is 1.95 bits per heavy atom. The zero-order valence-electron chi connectivity index (χ0n) is 13.3. The molecule has 0 aliphatic carbocycles. The number of carboxylic acids is 1. The normalized spacial score (nSPS) is 12.5. The summed E-state index contributed by atoms with van der Waals surface area (Å²) < 4.78 is 4.86. The van der Waals surface area contributed by atoms with Crippen LogP contribution in [-0.4, -0.2) is 24.3 Å². The maximum absolute atomic E-state index is 10.7. The fourth-order valence-electron chi connectivity index (χ4n) is 1.86. The van der Waals surface area contributed by atoms with Crippen molar-refractivity contribution in [1.29, 1.82) is 0 Å². The predicted molar refractivity (Wildman–Crippen MR) is 87.1 cm³/mol. The lowest BCUT2D eigenvalue weighted by molar-refractivity contribution is -0.148. The van der Waals surface area contributed by atoms with Gasteiger partial charge in [-0.25, -0.2) is 4.79 Å². The van der Waals surface area contributed by atoms with Gasteiger partial charge in [-0.15, -0.1) is 0 Å². The molecule has 0 aromatic heterocycles. The summed E-state index contributed by atoms with van der Waals surface area (Å²) in [6.45, 7) is 2.05. The zero-order valence-corrected chi connectivity index (χ0v) is 13.3. The maximum Gasteiger partial charge on any atom is 0.332 e. The molecule has 0 bridgehead atoms. The first-order chi connectivity index (χ1) is 10.2. The lowest BCUT2D eigenvalue weighted by Crippen LogP contribution is -2.21. The highest BCUT2D eigenvalue weighted by molar-refractivity contribution is 5.72. The Morgan fingerprint density at radius 1 is 1.19 bits per heavy atom. The van der Waals surface area contributed by atoms with E-state index in [4.69, 9.17) is 9.84 Å². The summed E-state index contributed by atoms with van der Waals surface area (Å²) in [5.41, 5.74) is 0. The number of aliphatic carboxylic acids is 1. The molecule has 0 saturated carbocycles. The summed E-state index contributed by atoms with van der Waals surface area (Å²) in [6, 6.07) is 0. The fraction of sp³-hybridized carbons (Fsp3) is 0.611. The Kier molecular flexibility index (Phi) is 13.8. The number of carbonyl (C=O) groups is 1. The minimum Gasteiger partial charge on any atom is -0.479 e. The molecule has 0 rings (SSSR count). The largest absolute Gasteiger partial charge is 0.479 e. The zero-order chi connectivity index (χ0) is 15.8. The van der Waals surface area contributed by atoms with Gasteiger partial charge in [0.2, 0.25) is 0 Å². The van der Waals surface area contributed by atoms with Crippen LogP contribution in [0.1, 0.15) is 58.3 Å². The van der Waals surface area contributed by atoms with Gasteiger partial charge in [0.1, 0.15) is 0 Å². The summed E-state index contributed by atoms with van der Waals surface area (Å²) in [5, 5.41) is 8.80. The topological polar surface area (TPSA) is 46.5 Å². The van der Waals surface area contributed by atoms with Gasteiger partial charge >= 0.3 is 5.97 Å². The van der Waals surface area contributed by atoms with Crippen molar-refractivity contribution in [3.63, 3.8) is 0 Å². The van der Waals surface area contributed by atoms with Crippen LogP contribution in [0.3, 0.4) is 0 Å². The van der Waals surface area contributed by atoms with Crippen LogP contribution < -0.4 is 0 Å². The van der Waals surface area contributed by atoms with Gasteiger partial charge in [-0.1, -0.05) is 36.5 Å². The van der Waals surface area contributed by atoms with Crippen molar-refractivity contribution in [1.82, 2.24) is 0 Å². The molecule has 1 atom stereocenters. The Labute approximate surface area is 129 Å². The lowest BCUT2D eigenvalue weighted by Gasteiger charge is -2.08. The summed E-state index contributed by atoms with van der Waals surface area (Å²) in [5.74, 6) is 5.26. The molecule has 0 aliphatic rings. The smallest absolute Gasteiger partial charge is 0.332 e. The molecule has 3 heteroatoms. The SMILES string of the molecule is C/C=C/CCCCCC#C/C=C/CCC[C@H](OC)C(=O)O. The molecule has 0 aromatic rings. The molecular weight excluding hydrogens is 264 g/mol. The van der Waals surface area contributed by atoms with Crippen LogP contribution in [0.15, 0.2) is 24.3 Å². The van der Waals surface area contributed by atoms with Crippen molar-refractivity contribution < 1.29 is 14.6 Å². The molecule has 0 heterocycles. The Morgan fingerprint density at radius 3 is 2.62 bits per heavy atom. The number of ether oxygens (including phenoxy) is 1. The second-order valence-electron chi connectivity index (χ2n) is 4.89. The molecule has 0 fully saturated rings. The minimum atomic E-state index is -0.893. The molecule has 3 nitrogen and oxygen atoms in total. The summed E-state index contributed by atoms with van der Waals surface area (Å²) in [4.78, 5) is 10.7. The minimum absolute atomic E-state index is 0.538. The monoisotopic (exact) mass is 292 g/mol. The molecule has 1 N–H and O–H groups in total.